The second-order valence-corrected chi connectivity index (χ2v) is 17.3. The van der Waals surface area contributed by atoms with Crippen molar-refractivity contribution in [1.82, 2.24) is 34.6 Å². The quantitative estimate of drug-likeness (QED) is 0.0807. The van der Waals surface area contributed by atoms with Crippen LogP contribution in [0.25, 0.3) is 5.65 Å². The fourth-order valence-electron chi connectivity index (χ4n) is 6.85. The standard InChI is InChI=1S/C21H24N4O4.C17H22N4O2.C7H12O3/c1-12-18(26)22-17-10-15(23-25(17)19(12)27)16-9-13-7-5-6-8-14(13)11-24(16)20(28)29-21(2,3)4;1-17(2,3)23-16(22)21-10-12-7-5-4-6-11(12)8-14(21)13-9-15(18)20-19-13;1-4-10-7(9)5(2)6(3)8/h5-8,10,16,27H,9,11H2,1-4H3,(H,22,26);4-7,9,14H,8,10H2,1-3H3,(H3,18,19,20);5H,4H2,1-3H3/t16-;14-;/m00./s1. The van der Waals surface area contributed by atoms with Gasteiger partial charge in [-0.05, 0) is 104 Å². The molecule has 0 saturated carbocycles. The number of aromatic nitrogens is 5. The summed E-state index contributed by atoms with van der Waals surface area (Å²) in [6.07, 6.45) is 0.508. The lowest BCUT2D eigenvalue weighted by molar-refractivity contribution is -0.150. The van der Waals surface area contributed by atoms with Gasteiger partial charge in [0.2, 0.25) is 5.88 Å². The molecular weight excluding hydrogens is 797 g/mol. The summed E-state index contributed by atoms with van der Waals surface area (Å²) in [5.74, 6) is -0.994. The number of aromatic amines is 2. The topological polar surface area (TPSA) is 228 Å². The van der Waals surface area contributed by atoms with Crippen LogP contribution in [-0.2, 0) is 49.7 Å². The van der Waals surface area contributed by atoms with Crippen LogP contribution < -0.4 is 11.3 Å². The molecule has 2 aromatic carbocycles. The van der Waals surface area contributed by atoms with Crippen LogP contribution in [0.2, 0.25) is 0 Å². The Balaban J connectivity index is 0.000000196. The minimum atomic E-state index is -0.627. The minimum Gasteiger partial charge on any atom is -0.493 e. The molecule has 62 heavy (non-hydrogen) atoms. The lowest BCUT2D eigenvalue weighted by atomic mass is 9.92. The van der Waals surface area contributed by atoms with Crippen LogP contribution in [0.4, 0.5) is 15.4 Å². The van der Waals surface area contributed by atoms with Gasteiger partial charge in [0.1, 0.15) is 34.4 Å². The van der Waals surface area contributed by atoms with Crippen LogP contribution >= 0.6 is 0 Å². The summed E-state index contributed by atoms with van der Waals surface area (Å²) in [4.78, 5) is 65.0. The highest BCUT2D eigenvalue weighted by molar-refractivity contribution is 5.97. The highest BCUT2D eigenvalue weighted by Crippen LogP contribution is 2.36. The van der Waals surface area contributed by atoms with Crippen molar-refractivity contribution in [3.63, 3.8) is 0 Å². The summed E-state index contributed by atoms with van der Waals surface area (Å²) >= 11 is 0. The van der Waals surface area contributed by atoms with E-state index in [2.05, 4.69) is 31.1 Å². The van der Waals surface area contributed by atoms with Gasteiger partial charge in [-0.1, -0.05) is 48.5 Å². The van der Waals surface area contributed by atoms with E-state index < -0.39 is 29.2 Å². The van der Waals surface area contributed by atoms with Crippen LogP contribution in [0, 0.1) is 12.8 Å². The van der Waals surface area contributed by atoms with Crippen molar-refractivity contribution in [2.75, 3.05) is 12.3 Å². The minimum absolute atomic E-state index is 0.154. The Morgan fingerprint density at radius 3 is 1.82 bits per heavy atom. The Morgan fingerprint density at radius 2 is 1.35 bits per heavy atom. The van der Waals surface area contributed by atoms with E-state index >= 15 is 0 Å². The number of carbonyl (C=O) groups excluding carboxylic acids is 4. The number of nitrogens with one attached hydrogen (secondary N) is 2. The van der Waals surface area contributed by atoms with Gasteiger partial charge in [0.25, 0.3) is 5.56 Å². The average Bonchev–Trinajstić information content (AvgIpc) is 3.84. The fraction of sp³-hybridized carbons (Fsp3) is 0.444. The maximum atomic E-state index is 13.0. The van der Waals surface area contributed by atoms with E-state index in [-0.39, 0.29) is 41.0 Å². The summed E-state index contributed by atoms with van der Waals surface area (Å²) in [6.45, 7) is 18.5. The molecule has 5 heterocycles. The number of anilines is 1. The van der Waals surface area contributed by atoms with Gasteiger partial charge in [0.05, 0.1) is 35.6 Å². The molecule has 0 saturated heterocycles. The summed E-state index contributed by atoms with van der Waals surface area (Å²) in [6, 6.07) is 19.0. The van der Waals surface area contributed by atoms with Gasteiger partial charge in [-0.25, -0.2) is 9.59 Å². The van der Waals surface area contributed by atoms with Crippen molar-refractivity contribution in [3.8, 4) is 5.88 Å². The number of amides is 2. The number of H-pyrrole nitrogens is 2. The number of nitrogens with zero attached hydrogens (tertiary/aromatic N) is 5. The Kier molecular flexibility index (Phi) is 14.2. The first kappa shape index (κ1) is 46.4. The molecule has 332 valence electrons. The van der Waals surface area contributed by atoms with Gasteiger partial charge in [-0.15, -0.1) is 0 Å². The van der Waals surface area contributed by atoms with E-state index in [9.17, 15) is 29.1 Å². The molecule has 0 bridgehead atoms. The molecule has 7 rings (SSSR count). The predicted octanol–water partition coefficient (Wildman–Crippen LogP) is 6.87. The van der Waals surface area contributed by atoms with Crippen molar-refractivity contribution >= 4 is 35.4 Å². The monoisotopic (exact) mass is 854 g/mol. The number of ether oxygens (including phenoxy) is 3. The summed E-state index contributed by atoms with van der Waals surface area (Å²) in [7, 11) is 0. The second kappa shape index (κ2) is 19.0. The second-order valence-electron chi connectivity index (χ2n) is 17.3. The summed E-state index contributed by atoms with van der Waals surface area (Å²) in [5.41, 5.74) is 10.7. The third kappa shape index (κ3) is 11.4. The van der Waals surface area contributed by atoms with Gasteiger partial charge in [-0.2, -0.15) is 14.7 Å². The number of nitrogens with two attached hydrogens (primary N) is 1. The molecule has 3 atom stereocenters. The number of benzene rings is 2. The van der Waals surface area contributed by atoms with E-state index in [1.165, 1.54) is 23.9 Å². The molecule has 0 fully saturated rings. The van der Waals surface area contributed by atoms with Crippen molar-refractivity contribution in [2.45, 2.75) is 118 Å². The van der Waals surface area contributed by atoms with Gasteiger partial charge in [-0.3, -0.25) is 29.3 Å². The smallest absolute Gasteiger partial charge is 0.411 e. The summed E-state index contributed by atoms with van der Waals surface area (Å²) in [5, 5.41) is 21.7. The number of rotatable bonds is 5. The molecule has 2 amide bonds. The lowest BCUT2D eigenvalue weighted by Gasteiger charge is -2.37. The molecule has 2 aliphatic rings. The van der Waals surface area contributed by atoms with Gasteiger partial charge < -0.3 is 30.0 Å². The number of hydrogen-bond donors (Lipinski definition) is 4. The number of fused-ring (bicyclic) bond motifs is 3. The molecule has 0 spiro atoms. The third-order valence-electron chi connectivity index (χ3n) is 10.2. The van der Waals surface area contributed by atoms with E-state index in [0.717, 1.165) is 22.4 Å². The number of ketones is 1. The number of aromatic hydroxyl groups is 1. The Morgan fingerprint density at radius 1 is 0.855 bits per heavy atom. The van der Waals surface area contributed by atoms with Gasteiger partial charge >= 0.3 is 18.2 Å². The number of Topliss-reactive ketones (excluding diaryl/α,β-unsaturated/α-hetero) is 1. The molecule has 2 aliphatic heterocycles. The zero-order chi connectivity index (χ0) is 45.7. The number of carbonyl (C=O) groups is 4. The van der Waals surface area contributed by atoms with Gasteiger partial charge in [0, 0.05) is 25.2 Å². The molecule has 0 radical (unpaired) electrons. The van der Waals surface area contributed by atoms with Crippen molar-refractivity contribution in [1.29, 1.82) is 0 Å². The lowest BCUT2D eigenvalue weighted by Crippen LogP contribution is -2.42. The van der Waals surface area contributed by atoms with Gasteiger partial charge in [0.15, 0.2) is 0 Å². The van der Waals surface area contributed by atoms with E-state index in [1.54, 1.807) is 35.8 Å². The molecule has 17 nitrogen and oxygen atoms in total. The highest BCUT2D eigenvalue weighted by atomic mass is 16.6. The van der Waals surface area contributed by atoms with Crippen LogP contribution in [0.5, 0.6) is 5.88 Å². The average molecular weight is 855 g/mol. The zero-order valence-corrected chi connectivity index (χ0v) is 37.1. The molecular formula is C45H58N8O9. The molecule has 17 heteroatoms. The first-order valence-electron chi connectivity index (χ1n) is 20.5. The number of hydrogen-bond acceptors (Lipinski definition) is 12. The fourth-order valence-corrected chi connectivity index (χ4v) is 6.85. The highest BCUT2D eigenvalue weighted by Gasteiger charge is 2.37. The third-order valence-corrected chi connectivity index (χ3v) is 10.2. The molecule has 3 aromatic heterocycles. The predicted molar refractivity (Wildman–Crippen MR) is 231 cm³/mol. The van der Waals surface area contributed by atoms with Crippen molar-refractivity contribution in [3.05, 3.63) is 110 Å². The zero-order valence-electron chi connectivity index (χ0n) is 37.1. The molecule has 0 aliphatic carbocycles. The molecule has 5 aromatic rings. The maximum absolute atomic E-state index is 13.0. The van der Waals surface area contributed by atoms with Crippen LogP contribution in [-0.4, -0.2) is 81.4 Å². The van der Waals surface area contributed by atoms with Crippen LogP contribution in [0.15, 0.2) is 65.5 Å². The largest absolute Gasteiger partial charge is 0.493 e. The van der Waals surface area contributed by atoms with Crippen molar-refractivity contribution < 1.29 is 38.5 Å². The Hall–Kier alpha value is -6.65. The number of esters is 1. The SMILES string of the molecule is CC(C)(C)OC(=O)N1Cc2ccccc2C[C@H]1c1cc(N)n[nH]1.CCOC(=O)C(C)C(C)=O.Cc1c(O)n2nc([C@@H]3Cc4ccccc4CN3C(=O)OC(C)(C)C)cc2[nH]c1=O. The van der Waals surface area contributed by atoms with Crippen LogP contribution in [0.1, 0.15) is 114 Å². The Labute approximate surface area is 360 Å². The first-order chi connectivity index (χ1) is 29.1. The maximum Gasteiger partial charge on any atom is 0.411 e. The van der Waals surface area contributed by atoms with E-state index in [4.69, 9.17) is 15.2 Å². The van der Waals surface area contributed by atoms with E-state index in [1.807, 2.05) is 84.0 Å². The Bertz CT molecular complexity index is 2470. The van der Waals surface area contributed by atoms with E-state index in [0.29, 0.717) is 49.7 Å². The normalized spacial score (nSPS) is 16.4. The first-order valence-corrected chi connectivity index (χ1v) is 20.5. The van der Waals surface area contributed by atoms with Crippen molar-refractivity contribution in [2.24, 2.45) is 5.92 Å². The molecule has 1 unspecified atom stereocenters. The molecule has 5 N–H and O–H groups in total. The number of nitrogen functional groups attached to an aromatic ring is 1. The summed E-state index contributed by atoms with van der Waals surface area (Å²) < 4.78 is 17.1. The van der Waals surface area contributed by atoms with Crippen LogP contribution in [0.3, 0.4) is 0 Å².